The fourth-order valence-corrected chi connectivity index (χ4v) is 5.73. The lowest BCUT2D eigenvalue weighted by Crippen LogP contribution is -2.37. The van der Waals surface area contributed by atoms with Crippen molar-refractivity contribution in [3.05, 3.63) is 52.0 Å². The van der Waals surface area contributed by atoms with Gasteiger partial charge in [0.2, 0.25) is 5.91 Å². The Balaban J connectivity index is 1.15. The SMILES string of the molecule is Cc1cccc(/C=C/C(=O)N[C@H]2CC[C@H](CCN3CCc4sc(OCC(C)(F)F)nc4C3)CC2)c1. The molecular formula is C27H35F2N3O2S. The summed E-state index contributed by atoms with van der Waals surface area (Å²) in [5.41, 5.74) is 3.19. The molecule has 1 aliphatic heterocycles. The first-order chi connectivity index (χ1) is 16.7. The van der Waals surface area contributed by atoms with Crippen LogP contribution in [0.1, 0.15) is 60.7 Å². The standard InChI is InChI=1S/C27H35F2N3O2S/c1-19-4-3-5-21(16-19)8-11-25(33)30-22-9-6-20(7-10-22)12-14-32-15-13-24-23(17-32)31-26(35-24)34-18-27(2,28)29/h3-5,8,11,16,20,22H,6-7,9-10,12-15,17-18H2,1-2H3,(H,30,33)/b11-8+/t20-,22-. The lowest BCUT2D eigenvalue weighted by Gasteiger charge is -2.31. The topological polar surface area (TPSA) is 54.5 Å². The number of aryl methyl sites for hydroxylation is 1. The van der Waals surface area contributed by atoms with Gasteiger partial charge in [-0.3, -0.25) is 9.69 Å². The molecule has 1 aromatic carbocycles. The quantitative estimate of drug-likeness (QED) is 0.451. The van der Waals surface area contributed by atoms with Gasteiger partial charge in [0.1, 0.15) is 0 Å². The van der Waals surface area contributed by atoms with Crippen LogP contribution in [0.2, 0.25) is 0 Å². The molecule has 1 saturated carbocycles. The minimum absolute atomic E-state index is 0.0201. The highest BCUT2D eigenvalue weighted by Crippen LogP contribution is 2.32. The molecule has 1 aliphatic carbocycles. The monoisotopic (exact) mass is 503 g/mol. The lowest BCUT2D eigenvalue weighted by atomic mass is 9.84. The molecule has 1 fully saturated rings. The van der Waals surface area contributed by atoms with Crippen molar-refractivity contribution in [2.24, 2.45) is 5.92 Å². The summed E-state index contributed by atoms with van der Waals surface area (Å²) in [6.45, 7) is 5.01. The maximum atomic E-state index is 13.0. The number of benzene rings is 1. The third-order valence-corrected chi connectivity index (χ3v) is 7.82. The first-order valence-corrected chi connectivity index (χ1v) is 13.3. The van der Waals surface area contributed by atoms with Gasteiger partial charge >= 0.3 is 0 Å². The van der Waals surface area contributed by atoms with E-state index in [-0.39, 0.29) is 11.9 Å². The van der Waals surface area contributed by atoms with Crippen molar-refractivity contribution in [3.63, 3.8) is 0 Å². The molecule has 5 nitrogen and oxygen atoms in total. The van der Waals surface area contributed by atoms with Crippen LogP contribution in [0.4, 0.5) is 8.78 Å². The van der Waals surface area contributed by atoms with Crippen molar-refractivity contribution in [1.82, 2.24) is 15.2 Å². The number of fused-ring (bicyclic) bond motifs is 1. The van der Waals surface area contributed by atoms with Crippen LogP contribution in [0.15, 0.2) is 30.3 Å². The van der Waals surface area contributed by atoms with Gasteiger partial charge in [-0.2, -0.15) is 0 Å². The fourth-order valence-electron chi connectivity index (χ4n) is 4.83. The second-order valence-corrected chi connectivity index (χ2v) is 11.0. The van der Waals surface area contributed by atoms with E-state index < -0.39 is 12.5 Å². The minimum atomic E-state index is -2.85. The highest BCUT2D eigenvalue weighted by Gasteiger charge is 2.27. The molecule has 35 heavy (non-hydrogen) atoms. The molecule has 0 radical (unpaired) electrons. The maximum Gasteiger partial charge on any atom is 0.278 e. The Hall–Kier alpha value is -2.32. The maximum absolute atomic E-state index is 13.0. The van der Waals surface area contributed by atoms with E-state index in [1.54, 1.807) is 6.08 Å². The van der Waals surface area contributed by atoms with E-state index in [9.17, 15) is 13.6 Å². The molecule has 0 unspecified atom stereocenters. The molecule has 8 heteroatoms. The Kier molecular flexibility index (Phi) is 8.55. The average Bonchev–Trinajstić information content (AvgIpc) is 3.23. The highest BCUT2D eigenvalue weighted by molar-refractivity contribution is 7.13. The van der Waals surface area contributed by atoms with E-state index in [1.807, 2.05) is 31.2 Å². The van der Waals surface area contributed by atoms with Crippen LogP contribution in [0.3, 0.4) is 0 Å². The third-order valence-electron chi connectivity index (χ3n) is 6.75. The number of hydrogen-bond acceptors (Lipinski definition) is 5. The number of aromatic nitrogens is 1. The number of hydrogen-bond donors (Lipinski definition) is 1. The first-order valence-electron chi connectivity index (χ1n) is 12.5. The molecule has 4 rings (SSSR count). The number of nitrogens with zero attached hydrogens (tertiary/aromatic N) is 2. The van der Waals surface area contributed by atoms with Crippen LogP contribution >= 0.6 is 11.3 Å². The number of thiazole rings is 1. The molecule has 0 saturated heterocycles. The summed E-state index contributed by atoms with van der Waals surface area (Å²) < 4.78 is 31.3. The van der Waals surface area contributed by atoms with Crippen LogP contribution in [0.25, 0.3) is 6.08 Å². The lowest BCUT2D eigenvalue weighted by molar-refractivity contribution is -0.117. The smallest absolute Gasteiger partial charge is 0.278 e. The second kappa shape index (κ2) is 11.6. The van der Waals surface area contributed by atoms with Gasteiger partial charge in [0, 0.05) is 37.0 Å². The van der Waals surface area contributed by atoms with Crippen molar-refractivity contribution in [2.75, 3.05) is 19.7 Å². The van der Waals surface area contributed by atoms with Gasteiger partial charge in [-0.05, 0) is 69.6 Å². The van der Waals surface area contributed by atoms with Gasteiger partial charge < -0.3 is 10.1 Å². The predicted molar refractivity (Wildman–Crippen MR) is 136 cm³/mol. The Labute approximate surface area is 210 Å². The Morgan fingerprint density at radius 2 is 2.11 bits per heavy atom. The molecule has 1 N–H and O–H groups in total. The largest absolute Gasteiger partial charge is 0.464 e. The predicted octanol–water partition coefficient (Wildman–Crippen LogP) is 5.62. The van der Waals surface area contributed by atoms with Crippen LogP contribution in [0.5, 0.6) is 5.19 Å². The Morgan fingerprint density at radius 1 is 1.31 bits per heavy atom. The number of carbonyl (C=O) groups is 1. The molecule has 0 spiro atoms. The molecule has 1 amide bonds. The number of ether oxygens (including phenoxy) is 1. The molecule has 1 aromatic heterocycles. The minimum Gasteiger partial charge on any atom is -0.464 e. The summed E-state index contributed by atoms with van der Waals surface area (Å²) in [5.74, 6) is -2.19. The summed E-state index contributed by atoms with van der Waals surface area (Å²) in [7, 11) is 0. The number of amides is 1. The molecule has 190 valence electrons. The van der Waals surface area contributed by atoms with Crippen molar-refractivity contribution in [2.45, 2.75) is 70.9 Å². The third kappa shape index (κ3) is 8.10. The van der Waals surface area contributed by atoms with Crippen molar-refractivity contribution < 1.29 is 18.3 Å². The van der Waals surface area contributed by atoms with Gasteiger partial charge in [0.15, 0.2) is 6.61 Å². The Bertz CT molecular complexity index is 1030. The molecule has 0 bridgehead atoms. The molecule has 2 aliphatic rings. The van der Waals surface area contributed by atoms with Crippen LogP contribution in [-0.2, 0) is 17.8 Å². The van der Waals surface area contributed by atoms with Crippen molar-refractivity contribution in [3.8, 4) is 5.19 Å². The molecule has 2 heterocycles. The number of carbonyl (C=O) groups excluding carboxylic acids is 1. The van der Waals surface area contributed by atoms with E-state index in [0.717, 1.165) is 81.2 Å². The van der Waals surface area contributed by atoms with Crippen molar-refractivity contribution in [1.29, 1.82) is 0 Å². The van der Waals surface area contributed by atoms with E-state index in [1.165, 1.54) is 16.9 Å². The highest BCUT2D eigenvalue weighted by atomic mass is 32.1. The van der Waals surface area contributed by atoms with Gasteiger partial charge in [-0.1, -0.05) is 41.2 Å². The number of rotatable bonds is 9. The van der Waals surface area contributed by atoms with Crippen molar-refractivity contribution >= 4 is 23.3 Å². The van der Waals surface area contributed by atoms with E-state index in [0.29, 0.717) is 11.1 Å². The second-order valence-electron chi connectivity index (χ2n) is 10.00. The van der Waals surface area contributed by atoms with Crippen LogP contribution < -0.4 is 10.1 Å². The van der Waals surface area contributed by atoms with Crippen LogP contribution in [-0.4, -0.2) is 47.5 Å². The van der Waals surface area contributed by atoms with Crippen LogP contribution in [0, 0.1) is 12.8 Å². The number of halogens is 2. The molecule has 0 atom stereocenters. The fraction of sp³-hybridized carbons (Fsp3) is 0.556. The summed E-state index contributed by atoms with van der Waals surface area (Å²) in [6.07, 6.45) is 9.84. The number of nitrogens with one attached hydrogen (secondary N) is 1. The normalized spacial score (nSPS) is 21.1. The van der Waals surface area contributed by atoms with E-state index in [4.69, 9.17) is 4.74 Å². The van der Waals surface area contributed by atoms with Gasteiger partial charge in [0.25, 0.3) is 11.1 Å². The van der Waals surface area contributed by atoms with Gasteiger partial charge in [-0.15, -0.1) is 0 Å². The summed E-state index contributed by atoms with van der Waals surface area (Å²) >= 11 is 1.40. The zero-order chi connectivity index (χ0) is 24.8. The summed E-state index contributed by atoms with van der Waals surface area (Å²) in [5, 5.41) is 3.51. The summed E-state index contributed by atoms with van der Waals surface area (Å²) in [4.78, 5) is 20.3. The number of alkyl halides is 2. The molecular weight excluding hydrogens is 468 g/mol. The zero-order valence-electron chi connectivity index (χ0n) is 20.6. The van der Waals surface area contributed by atoms with Gasteiger partial charge in [0.05, 0.1) is 5.69 Å². The van der Waals surface area contributed by atoms with E-state index >= 15 is 0 Å². The average molecular weight is 504 g/mol. The van der Waals surface area contributed by atoms with E-state index in [2.05, 4.69) is 21.3 Å². The molecule has 2 aromatic rings. The zero-order valence-corrected chi connectivity index (χ0v) is 21.4. The Morgan fingerprint density at radius 3 is 2.86 bits per heavy atom. The first kappa shape index (κ1) is 25.8. The van der Waals surface area contributed by atoms with Gasteiger partial charge in [-0.25, -0.2) is 13.8 Å². The summed E-state index contributed by atoms with van der Waals surface area (Å²) in [6, 6.07) is 8.36.